The SMILES string of the molecule is O=C(Cc1ccccc1)N1CCN(Cc2cccc(OS(=O)(=O)c3ccccc3)c2)CC1. The zero-order valence-electron chi connectivity index (χ0n) is 17.8. The first-order valence-corrected chi connectivity index (χ1v) is 12.0. The van der Waals surface area contributed by atoms with Crippen molar-refractivity contribution in [3.05, 3.63) is 96.1 Å². The van der Waals surface area contributed by atoms with E-state index in [0.717, 1.165) is 24.2 Å². The Kier molecular flexibility index (Phi) is 6.87. The van der Waals surface area contributed by atoms with Crippen LogP contribution in [0.25, 0.3) is 0 Å². The third kappa shape index (κ3) is 5.75. The number of carbonyl (C=O) groups is 1. The van der Waals surface area contributed by atoms with E-state index in [0.29, 0.717) is 31.8 Å². The predicted octanol–water partition coefficient (Wildman–Crippen LogP) is 3.34. The smallest absolute Gasteiger partial charge is 0.339 e. The van der Waals surface area contributed by atoms with Gasteiger partial charge in [-0.15, -0.1) is 0 Å². The third-order valence-electron chi connectivity index (χ3n) is 5.47. The van der Waals surface area contributed by atoms with Gasteiger partial charge in [0.2, 0.25) is 5.91 Å². The average molecular weight is 451 g/mol. The Morgan fingerprint density at radius 3 is 2.09 bits per heavy atom. The van der Waals surface area contributed by atoms with Gasteiger partial charge in [0.15, 0.2) is 0 Å². The van der Waals surface area contributed by atoms with Gasteiger partial charge in [-0.1, -0.05) is 60.7 Å². The van der Waals surface area contributed by atoms with Gasteiger partial charge < -0.3 is 9.08 Å². The zero-order valence-corrected chi connectivity index (χ0v) is 18.6. The molecule has 4 rings (SSSR count). The van der Waals surface area contributed by atoms with E-state index >= 15 is 0 Å². The van der Waals surface area contributed by atoms with Crippen molar-refractivity contribution in [1.82, 2.24) is 9.80 Å². The number of rotatable bonds is 7. The van der Waals surface area contributed by atoms with Gasteiger partial charge in [0.05, 0.1) is 6.42 Å². The summed E-state index contributed by atoms with van der Waals surface area (Å²) in [5, 5.41) is 0. The standard InChI is InChI=1S/C25H26N2O4S/c28-25(19-21-8-3-1-4-9-21)27-16-14-26(15-17-27)20-22-10-7-11-23(18-22)31-32(29,30)24-12-5-2-6-13-24/h1-13,18H,14-17,19-20H2. The van der Waals surface area contributed by atoms with Crippen LogP contribution < -0.4 is 4.18 Å². The van der Waals surface area contributed by atoms with Crippen molar-refractivity contribution < 1.29 is 17.4 Å². The van der Waals surface area contributed by atoms with Crippen molar-refractivity contribution in [2.45, 2.75) is 17.9 Å². The quantitative estimate of drug-likeness (QED) is 0.517. The van der Waals surface area contributed by atoms with Crippen molar-refractivity contribution >= 4 is 16.0 Å². The van der Waals surface area contributed by atoms with Crippen LogP contribution in [0.15, 0.2) is 89.8 Å². The van der Waals surface area contributed by atoms with E-state index in [1.807, 2.05) is 41.3 Å². The molecule has 7 heteroatoms. The van der Waals surface area contributed by atoms with Gasteiger partial charge in [-0.2, -0.15) is 8.42 Å². The van der Waals surface area contributed by atoms with Gasteiger partial charge in [0.25, 0.3) is 0 Å². The van der Waals surface area contributed by atoms with E-state index in [4.69, 9.17) is 4.18 Å². The van der Waals surface area contributed by atoms with Crippen LogP contribution in [0.4, 0.5) is 0 Å². The maximum absolute atomic E-state index is 12.6. The number of hydrogen-bond acceptors (Lipinski definition) is 5. The van der Waals surface area contributed by atoms with Crippen molar-refractivity contribution in [2.24, 2.45) is 0 Å². The lowest BCUT2D eigenvalue weighted by atomic mass is 10.1. The maximum atomic E-state index is 12.6. The third-order valence-corrected chi connectivity index (χ3v) is 6.73. The minimum Gasteiger partial charge on any atom is -0.379 e. The largest absolute Gasteiger partial charge is 0.379 e. The highest BCUT2D eigenvalue weighted by molar-refractivity contribution is 7.87. The van der Waals surface area contributed by atoms with E-state index in [9.17, 15) is 13.2 Å². The Bertz CT molecular complexity index is 1140. The summed E-state index contributed by atoms with van der Waals surface area (Å²) in [4.78, 5) is 16.9. The lowest BCUT2D eigenvalue weighted by molar-refractivity contribution is -0.132. The molecule has 3 aromatic carbocycles. The number of amides is 1. The number of hydrogen-bond donors (Lipinski definition) is 0. The van der Waals surface area contributed by atoms with Gasteiger partial charge in [-0.3, -0.25) is 9.69 Å². The Labute approximate surface area is 189 Å². The molecule has 1 fully saturated rings. The highest BCUT2D eigenvalue weighted by atomic mass is 32.2. The maximum Gasteiger partial charge on any atom is 0.339 e. The first kappa shape index (κ1) is 22.0. The van der Waals surface area contributed by atoms with Crippen molar-refractivity contribution in [1.29, 1.82) is 0 Å². The lowest BCUT2D eigenvalue weighted by Crippen LogP contribution is -2.48. The summed E-state index contributed by atoms with van der Waals surface area (Å²) in [6, 6.07) is 25.1. The zero-order chi connectivity index (χ0) is 22.4. The van der Waals surface area contributed by atoms with Crippen LogP contribution in [-0.4, -0.2) is 50.3 Å². The molecule has 0 atom stereocenters. The molecule has 0 N–H and O–H groups in total. The Morgan fingerprint density at radius 2 is 1.41 bits per heavy atom. The van der Waals surface area contributed by atoms with Crippen molar-refractivity contribution in [3.8, 4) is 5.75 Å². The van der Waals surface area contributed by atoms with Gasteiger partial charge >= 0.3 is 10.1 Å². The molecule has 0 radical (unpaired) electrons. The predicted molar refractivity (Wildman–Crippen MR) is 123 cm³/mol. The molecule has 1 saturated heterocycles. The molecule has 0 spiro atoms. The first-order valence-electron chi connectivity index (χ1n) is 10.6. The fourth-order valence-corrected chi connectivity index (χ4v) is 4.70. The monoisotopic (exact) mass is 450 g/mol. The molecule has 166 valence electrons. The fourth-order valence-electron chi connectivity index (χ4n) is 3.75. The minimum atomic E-state index is -3.86. The fraction of sp³-hybridized carbons (Fsp3) is 0.240. The first-order chi connectivity index (χ1) is 15.5. The second-order valence-electron chi connectivity index (χ2n) is 7.82. The molecule has 1 aliphatic heterocycles. The van der Waals surface area contributed by atoms with E-state index in [2.05, 4.69) is 4.90 Å². The highest BCUT2D eigenvalue weighted by Gasteiger charge is 2.22. The molecule has 1 heterocycles. The van der Waals surface area contributed by atoms with Crippen molar-refractivity contribution in [2.75, 3.05) is 26.2 Å². The number of nitrogens with zero attached hydrogens (tertiary/aromatic N) is 2. The molecule has 1 amide bonds. The summed E-state index contributed by atoms with van der Waals surface area (Å²) < 4.78 is 30.3. The van der Waals surface area contributed by atoms with Crippen LogP contribution in [0, 0.1) is 0 Å². The molecule has 0 saturated carbocycles. The van der Waals surface area contributed by atoms with Crippen molar-refractivity contribution in [3.63, 3.8) is 0 Å². The van der Waals surface area contributed by atoms with Crippen LogP contribution in [0.3, 0.4) is 0 Å². The second-order valence-corrected chi connectivity index (χ2v) is 9.36. The molecular weight excluding hydrogens is 424 g/mol. The van der Waals surface area contributed by atoms with Crippen LogP contribution in [0.1, 0.15) is 11.1 Å². The molecule has 0 unspecified atom stereocenters. The van der Waals surface area contributed by atoms with Gasteiger partial charge in [-0.05, 0) is 35.4 Å². The summed E-state index contributed by atoms with van der Waals surface area (Å²) in [6.07, 6.45) is 0.427. The number of benzene rings is 3. The molecule has 0 aromatic heterocycles. The molecule has 1 aliphatic rings. The van der Waals surface area contributed by atoms with Gasteiger partial charge in [-0.25, -0.2) is 0 Å². The Balaban J connectivity index is 1.31. The highest BCUT2D eigenvalue weighted by Crippen LogP contribution is 2.21. The average Bonchev–Trinajstić information content (AvgIpc) is 2.81. The van der Waals surface area contributed by atoms with E-state index in [1.165, 1.54) is 12.1 Å². The Morgan fingerprint density at radius 1 is 0.781 bits per heavy atom. The molecular formula is C25H26N2O4S. The van der Waals surface area contributed by atoms with Gasteiger partial charge in [0.1, 0.15) is 10.6 Å². The molecule has 0 bridgehead atoms. The second kappa shape index (κ2) is 9.97. The summed E-state index contributed by atoms with van der Waals surface area (Å²) in [6.45, 7) is 3.58. The van der Waals surface area contributed by atoms with E-state index in [1.54, 1.807) is 36.4 Å². The minimum absolute atomic E-state index is 0.127. The van der Waals surface area contributed by atoms with Crippen LogP contribution in [-0.2, 0) is 27.9 Å². The van der Waals surface area contributed by atoms with Crippen LogP contribution >= 0.6 is 0 Å². The summed E-state index contributed by atoms with van der Waals surface area (Å²) in [7, 11) is -3.86. The topological polar surface area (TPSA) is 66.9 Å². The molecule has 6 nitrogen and oxygen atoms in total. The van der Waals surface area contributed by atoms with E-state index < -0.39 is 10.1 Å². The van der Waals surface area contributed by atoms with Gasteiger partial charge in [0, 0.05) is 32.7 Å². The molecule has 3 aromatic rings. The van der Waals surface area contributed by atoms with E-state index in [-0.39, 0.29) is 10.8 Å². The summed E-state index contributed by atoms with van der Waals surface area (Å²) >= 11 is 0. The lowest BCUT2D eigenvalue weighted by Gasteiger charge is -2.35. The molecule has 0 aliphatic carbocycles. The Hall–Kier alpha value is -3.16. The summed E-state index contributed by atoms with van der Waals surface area (Å²) in [5.41, 5.74) is 2.00. The van der Waals surface area contributed by atoms with Crippen LogP contribution in [0.2, 0.25) is 0 Å². The number of piperazine rings is 1. The summed E-state index contributed by atoms with van der Waals surface area (Å²) in [5.74, 6) is 0.445. The van der Waals surface area contributed by atoms with Crippen LogP contribution in [0.5, 0.6) is 5.75 Å². The molecule has 32 heavy (non-hydrogen) atoms. The number of carbonyl (C=O) groups excluding carboxylic acids is 1. The normalized spacial score (nSPS) is 14.8.